The SMILES string of the molecule is CC(C)(C)OC(=O)N1CCC(N2CCN(c3cnc(C(=O)N[C@H]4CC[C@H](Oc5ccc(C#N)c(Cl)c5)CC4)cn3)CC2)CC1. The van der Waals surface area contributed by atoms with Gasteiger partial charge in [-0.3, -0.25) is 9.69 Å². The number of piperazine rings is 1. The molecule has 2 aromatic rings. The van der Waals surface area contributed by atoms with E-state index in [0.29, 0.717) is 28.1 Å². The number of amides is 2. The smallest absolute Gasteiger partial charge is 0.410 e. The van der Waals surface area contributed by atoms with E-state index in [1.807, 2.05) is 25.7 Å². The summed E-state index contributed by atoms with van der Waals surface area (Å²) in [5, 5.41) is 12.5. The van der Waals surface area contributed by atoms with Gasteiger partial charge in [-0.2, -0.15) is 5.26 Å². The highest BCUT2D eigenvalue weighted by atomic mass is 35.5. The van der Waals surface area contributed by atoms with E-state index in [2.05, 4.69) is 31.2 Å². The summed E-state index contributed by atoms with van der Waals surface area (Å²) < 4.78 is 11.6. The fourth-order valence-electron chi connectivity index (χ4n) is 6.09. The summed E-state index contributed by atoms with van der Waals surface area (Å²) in [5.74, 6) is 1.22. The highest BCUT2D eigenvalue weighted by Gasteiger charge is 2.31. The van der Waals surface area contributed by atoms with Gasteiger partial charge in [-0.1, -0.05) is 11.6 Å². The van der Waals surface area contributed by atoms with Crippen LogP contribution in [0.25, 0.3) is 0 Å². The van der Waals surface area contributed by atoms with Crippen LogP contribution in [0.1, 0.15) is 75.3 Å². The molecule has 1 aliphatic carbocycles. The van der Waals surface area contributed by atoms with E-state index in [0.717, 1.165) is 83.6 Å². The lowest BCUT2D eigenvalue weighted by atomic mass is 9.93. The molecule has 12 heteroatoms. The minimum absolute atomic E-state index is 0.0386. The molecule has 5 rings (SSSR count). The van der Waals surface area contributed by atoms with Gasteiger partial charge in [0.15, 0.2) is 0 Å². The van der Waals surface area contributed by atoms with Crippen LogP contribution >= 0.6 is 11.6 Å². The Bertz CT molecular complexity index is 1340. The second-order valence-corrected chi connectivity index (χ2v) is 13.2. The van der Waals surface area contributed by atoms with Gasteiger partial charge in [-0.15, -0.1) is 0 Å². The fourth-order valence-corrected chi connectivity index (χ4v) is 6.31. The molecule has 11 nitrogen and oxygen atoms in total. The Balaban J connectivity index is 1.02. The van der Waals surface area contributed by atoms with Gasteiger partial charge in [0, 0.05) is 57.4 Å². The van der Waals surface area contributed by atoms with E-state index >= 15 is 0 Å². The van der Waals surface area contributed by atoms with Crippen molar-refractivity contribution in [3.8, 4) is 11.8 Å². The molecule has 3 fully saturated rings. The molecule has 236 valence electrons. The highest BCUT2D eigenvalue weighted by molar-refractivity contribution is 6.31. The largest absolute Gasteiger partial charge is 0.490 e. The van der Waals surface area contributed by atoms with E-state index in [-0.39, 0.29) is 24.1 Å². The van der Waals surface area contributed by atoms with Crippen LogP contribution in [0, 0.1) is 11.3 Å². The van der Waals surface area contributed by atoms with Crippen LogP contribution < -0.4 is 15.0 Å². The number of carbonyl (C=O) groups is 2. The van der Waals surface area contributed by atoms with Crippen LogP contribution in [0.2, 0.25) is 5.02 Å². The van der Waals surface area contributed by atoms with Crippen molar-refractivity contribution >= 4 is 29.4 Å². The second-order valence-electron chi connectivity index (χ2n) is 12.8. The molecule has 0 radical (unpaired) electrons. The maximum Gasteiger partial charge on any atom is 0.410 e. The van der Waals surface area contributed by atoms with Crippen LogP contribution in [-0.4, -0.2) is 94.8 Å². The molecule has 44 heavy (non-hydrogen) atoms. The molecule has 1 saturated carbocycles. The molecule has 1 aromatic heterocycles. The van der Waals surface area contributed by atoms with Crippen molar-refractivity contribution in [1.29, 1.82) is 5.26 Å². The van der Waals surface area contributed by atoms with E-state index in [1.165, 1.54) is 0 Å². The lowest BCUT2D eigenvalue weighted by molar-refractivity contribution is 0.0139. The first kappa shape index (κ1) is 31.8. The maximum absolute atomic E-state index is 12.9. The summed E-state index contributed by atoms with van der Waals surface area (Å²) in [4.78, 5) is 40.8. The van der Waals surface area contributed by atoms with Gasteiger partial charge < -0.3 is 24.6 Å². The molecule has 2 amide bonds. The van der Waals surface area contributed by atoms with Crippen molar-refractivity contribution < 1.29 is 19.1 Å². The van der Waals surface area contributed by atoms with Gasteiger partial charge >= 0.3 is 6.09 Å². The first-order chi connectivity index (χ1) is 21.1. The molecule has 1 N–H and O–H groups in total. The number of anilines is 1. The standard InChI is InChI=1S/C32H42ClN7O4/c1-32(2,3)44-31(42)40-12-10-24(11-13-40)38-14-16-39(17-15-38)29-21-35-28(20-36-29)30(41)37-23-5-8-25(9-6-23)43-26-7-4-22(19-34)27(33)18-26/h4,7,18,20-21,23-25H,5-6,8-17H2,1-3H3,(H,37,41)/t23-,25-. The van der Waals surface area contributed by atoms with E-state index in [1.54, 1.807) is 30.6 Å². The number of aromatic nitrogens is 2. The summed E-state index contributed by atoms with van der Waals surface area (Å²) >= 11 is 6.12. The third-order valence-corrected chi connectivity index (χ3v) is 8.83. The van der Waals surface area contributed by atoms with Crippen LogP contribution in [-0.2, 0) is 4.74 Å². The van der Waals surface area contributed by atoms with Crippen molar-refractivity contribution in [3.05, 3.63) is 46.9 Å². The zero-order valence-electron chi connectivity index (χ0n) is 25.8. The molecule has 2 aliphatic heterocycles. The number of carbonyl (C=O) groups excluding carboxylic acids is 2. The average Bonchev–Trinajstić information content (AvgIpc) is 3.01. The van der Waals surface area contributed by atoms with Crippen LogP contribution in [0.3, 0.4) is 0 Å². The fraction of sp³-hybridized carbons (Fsp3) is 0.594. The monoisotopic (exact) mass is 623 g/mol. The molecule has 0 bridgehead atoms. The second kappa shape index (κ2) is 14.0. The number of ether oxygens (including phenoxy) is 2. The Morgan fingerprint density at radius 3 is 2.27 bits per heavy atom. The number of hydrogen-bond acceptors (Lipinski definition) is 9. The number of benzene rings is 1. The first-order valence-electron chi connectivity index (χ1n) is 15.5. The molecule has 3 aliphatic rings. The number of nitrogens with zero attached hydrogens (tertiary/aromatic N) is 6. The molecule has 0 spiro atoms. The molecule has 0 unspecified atom stereocenters. The summed E-state index contributed by atoms with van der Waals surface area (Å²) in [6.07, 6.45) is 8.19. The van der Waals surface area contributed by atoms with Gasteiger partial charge in [0.2, 0.25) is 0 Å². The molecule has 0 atom stereocenters. The number of halogens is 1. The zero-order valence-corrected chi connectivity index (χ0v) is 26.6. The predicted molar refractivity (Wildman–Crippen MR) is 167 cm³/mol. The maximum atomic E-state index is 12.9. The van der Waals surface area contributed by atoms with E-state index in [9.17, 15) is 9.59 Å². The quantitative estimate of drug-likeness (QED) is 0.490. The van der Waals surface area contributed by atoms with Crippen molar-refractivity contribution in [2.24, 2.45) is 0 Å². The van der Waals surface area contributed by atoms with Crippen LogP contribution in [0.4, 0.5) is 10.6 Å². The first-order valence-corrected chi connectivity index (χ1v) is 15.9. The Morgan fingerprint density at radius 2 is 1.68 bits per heavy atom. The molecule has 1 aromatic carbocycles. The number of nitrogens with one attached hydrogen (secondary N) is 1. The van der Waals surface area contributed by atoms with Crippen LogP contribution in [0.5, 0.6) is 5.75 Å². The number of hydrogen-bond donors (Lipinski definition) is 1. The molecular weight excluding hydrogens is 582 g/mol. The third kappa shape index (κ3) is 8.30. The van der Waals surface area contributed by atoms with Gasteiger partial charge in [0.05, 0.1) is 29.1 Å². The Morgan fingerprint density at radius 1 is 0.977 bits per heavy atom. The summed E-state index contributed by atoms with van der Waals surface area (Å²) in [7, 11) is 0. The van der Waals surface area contributed by atoms with Crippen molar-refractivity contribution in [1.82, 2.24) is 25.1 Å². The highest BCUT2D eigenvalue weighted by Crippen LogP contribution is 2.28. The Hall–Kier alpha value is -3.62. The minimum Gasteiger partial charge on any atom is -0.490 e. The van der Waals surface area contributed by atoms with Gasteiger partial charge in [0.1, 0.15) is 28.9 Å². The topological polar surface area (TPSA) is 124 Å². The van der Waals surface area contributed by atoms with Crippen molar-refractivity contribution in [2.45, 2.75) is 83.1 Å². The number of piperidine rings is 1. The summed E-state index contributed by atoms with van der Waals surface area (Å²) in [5.41, 5.74) is 0.264. The van der Waals surface area contributed by atoms with Gasteiger partial charge in [-0.05, 0) is 71.4 Å². The molecule has 3 heterocycles. The Labute approximate surface area is 264 Å². The van der Waals surface area contributed by atoms with Crippen LogP contribution in [0.15, 0.2) is 30.6 Å². The summed E-state index contributed by atoms with van der Waals surface area (Å²) in [6, 6.07) is 7.67. The van der Waals surface area contributed by atoms with Crippen molar-refractivity contribution in [2.75, 3.05) is 44.2 Å². The number of nitriles is 1. The van der Waals surface area contributed by atoms with Crippen molar-refractivity contribution in [3.63, 3.8) is 0 Å². The van der Waals surface area contributed by atoms with Gasteiger partial charge in [0.25, 0.3) is 5.91 Å². The van der Waals surface area contributed by atoms with E-state index in [4.69, 9.17) is 26.3 Å². The van der Waals surface area contributed by atoms with E-state index < -0.39 is 5.60 Å². The lowest BCUT2D eigenvalue weighted by Gasteiger charge is -2.43. The van der Waals surface area contributed by atoms with Gasteiger partial charge in [-0.25, -0.2) is 14.8 Å². The normalized spacial score (nSPS) is 21.8. The number of likely N-dealkylation sites (tertiary alicyclic amines) is 1. The Kier molecular flexibility index (Phi) is 10.1. The molecule has 2 saturated heterocycles. The minimum atomic E-state index is -0.476. The number of rotatable bonds is 6. The molecular formula is C32H42ClN7O4. The summed E-state index contributed by atoms with van der Waals surface area (Å²) in [6.45, 7) is 10.6. The average molecular weight is 624 g/mol. The zero-order chi connectivity index (χ0) is 31.3. The third-order valence-electron chi connectivity index (χ3n) is 8.51. The lowest BCUT2D eigenvalue weighted by Crippen LogP contribution is -2.54. The predicted octanol–water partition coefficient (Wildman–Crippen LogP) is 4.64.